The molecule has 9 N–H and O–H groups in total. The third-order valence-electron chi connectivity index (χ3n) is 16.1. The predicted octanol–water partition coefficient (Wildman–Crippen LogP) is 2.02. The van der Waals surface area contributed by atoms with Gasteiger partial charge >= 0.3 is 17.9 Å². The van der Waals surface area contributed by atoms with Gasteiger partial charge in [-0.15, -0.1) is 0 Å². The van der Waals surface area contributed by atoms with Crippen LogP contribution in [0.25, 0.3) is 10.9 Å². The zero-order valence-electron chi connectivity index (χ0n) is 50.3. The van der Waals surface area contributed by atoms with Crippen LogP contribution in [0.15, 0.2) is 60.8 Å². The number of H-pyrrole nitrogens is 1. The molecule has 2 aliphatic rings. The summed E-state index contributed by atoms with van der Waals surface area (Å²) in [6, 6.07) is 13.4. The Morgan fingerprint density at radius 3 is 1.63 bits per heavy atom. The number of hydrogen-bond donors (Lipinski definition) is 8. The smallest absolute Gasteiger partial charge is 0.317 e. The minimum Gasteiger partial charge on any atom is -0.480 e. The molecule has 0 bridgehead atoms. The SMILES string of the molecule is CCCC(=O)[C@@H](NC(=O)[C@H](C)CC(=O)[C@H](Cc1c[nH]c2ccccc12)NC(=O)[C@H](CCC(N)=O)CC(=O)[C@@H](Cc1ccccc1)NC(=O)CN1CCC(CC(=O)CN2CCN(CC(=O)O)CCN(CC(=O)O)CCN(CC(=O)O)CC2)CC1)C(C)C. The Kier molecular flexibility index (Phi) is 28.6. The first-order valence-corrected chi connectivity index (χ1v) is 30.1. The van der Waals surface area contributed by atoms with Gasteiger partial charge in [-0.1, -0.05) is 76.2 Å². The fourth-order valence-corrected chi connectivity index (χ4v) is 11.2. The van der Waals surface area contributed by atoms with Crippen molar-refractivity contribution in [1.82, 2.24) is 45.4 Å². The number of benzene rings is 2. The molecular weight excluding hydrogens is 1110 g/mol. The Labute approximate surface area is 503 Å². The number of nitrogens with two attached hydrogens (primary N) is 1. The summed E-state index contributed by atoms with van der Waals surface area (Å²) in [6.07, 6.45) is 3.09. The fraction of sp³-hybridized carbons (Fsp3) is 0.597. The number of para-hydroxylation sites is 1. The topological polar surface area (TPSA) is 343 Å². The maximum Gasteiger partial charge on any atom is 0.317 e. The van der Waals surface area contributed by atoms with Crippen molar-refractivity contribution in [3.63, 3.8) is 0 Å². The van der Waals surface area contributed by atoms with Crippen LogP contribution in [0, 0.1) is 23.7 Å². The van der Waals surface area contributed by atoms with Crippen molar-refractivity contribution in [2.24, 2.45) is 29.4 Å². The second-order valence-corrected chi connectivity index (χ2v) is 23.6. The number of piperidine rings is 1. The summed E-state index contributed by atoms with van der Waals surface area (Å²) < 4.78 is 0. The highest BCUT2D eigenvalue weighted by Gasteiger charge is 2.34. The summed E-state index contributed by atoms with van der Waals surface area (Å²) in [4.78, 5) is 157. The number of carbonyl (C=O) groups excluding carboxylic acids is 8. The van der Waals surface area contributed by atoms with E-state index in [0.717, 1.165) is 16.5 Å². The lowest BCUT2D eigenvalue weighted by Gasteiger charge is -2.33. The predicted molar refractivity (Wildman–Crippen MR) is 320 cm³/mol. The van der Waals surface area contributed by atoms with Crippen LogP contribution in [0.1, 0.15) is 96.6 Å². The standard InChI is InChI=1S/C62H90N10O14/c1-5-11-52(74)60(41(2)3)67-61(85)42(4)30-53(75)51(33-46-35-64-49-15-10-9-14-48(46)49)66-62(86)45(16-17-55(63)77)34-54(76)50(32-43-12-7-6-8-13-43)65-56(78)37-68-20-18-44(19-21-68)31-47(73)36-69-22-24-70(38-57(79)80)26-28-72(40-59(83)84)29-27-71(25-23-69)39-58(81)82/h6-10,12-15,35,41-42,44-45,50-51,60,64H,5,11,16-34,36-40H2,1-4H3,(H2,63,77)(H,65,78)(H,66,86)(H,67,85)(H,79,80)(H,81,82)(H,83,84)/t42-,45-,50-,51+,60+/m1/s1. The Balaban J connectivity index is 1.24. The van der Waals surface area contributed by atoms with E-state index in [1.807, 2.05) is 73.0 Å². The van der Waals surface area contributed by atoms with E-state index < -0.39 is 89.5 Å². The summed E-state index contributed by atoms with van der Waals surface area (Å²) in [5.41, 5.74) is 7.84. The van der Waals surface area contributed by atoms with Crippen molar-refractivity contribution >= 4 is 75.6 Å². The number of rotatable bonds is 34. The van der Waals surface area contributed by atoms with Gasteiger partial charge in [0.05, 0.1) is 50.8 Å². The minimum absolute atomic E-state index is 0.00211. The summed E-state index contributed by atoms with van der Waals surface area (Å²) in [7, 11) is 0. The van der Waals surface area contributed by atoms with Crippen LogP contribution in [-0.2, 0) is 65.6 Å². The molecule has 3 heterocycles. The highest BCUT2D eigenvalue weighted by atomic mass is 16.4. The zero-order valence-corrected chi connectivity index (χ0v) is 50.3. The molecule has 0 saturated carbocycles. The maximum absolute atomic E-state index is 14.6. The van der Waals surface area contributed by atoms with Crippen LogP contribution in [0.5, 0.6) is 0 Å². The van der Waals surface area contributed by atoms with Crippen LogP contribution in [-0.4, -0.2) is 226 Å². The molecule has 0 radical (unpaired) electrons. The molecule has 472 valence electrons. The van der Waals surface area contributed by atoms with Gasteiger partial charge in [0.25, 0.3) is 0 Å². The van der Waals surface area contributed by atoms with Crippen LogP contribution in [0.2, 0.25) is 0 Å². The molecule has 2 aliphatic heterocycles. The molecule has 5 atom stereocenters. The van der Waals surface area contributed by atoms with Crippen LogP contribution in [0.4, 0.5) is 0 Å². The Bertz CT molecular complexity index is 2750. The molecule has 3 aromatic rings. The van der Waals surface area contributed by atoms with Gasteiger partial charge in [-0.25, -0.2) is 0 Å². The second kappa shape index (κ2) is 35.4. The quantitative estimate of drug-likeness (QED) is 0.0424. The number of amides is 4. The number of primary amides is 1. The molecule has 2 saturated heterocycles. The Morgan fingerprint density at radius 1 is 0.581 bits per heavy atom. The number of nitrogens with zero attached hydrogens (tertiary/aromatic N) is 5. The molecule has 5 rings (SSSR count). The zero-order chi connectivity index (χ0) is 62.9. The third kappa shape index (κ3) is 24.3. The van der Waals surface area contributed by atoms with Gasteiger partial charge in [0.1, 0.15) is 5.78 Å². The van der Waals surface area contributed by atoms with Crippen molar-refractivity contribution < 1.29 is 68.1 Å². The number of aliphatic carboxylic acids is 3. The number of nitrogens with one attached hydrogen (secondary N) is 4. The van der Waals surface area contributed by atoms with Gasteiger partial charge in [-0.3, -0.25) is 77.2 Å². The lowest BCUT2D eigenvalue weighted by Crippen LogP contribution is -2.50. The number of aromatic amines is 1. The van der Waals surface area contributed by atoms with Crippen LogP contribution < -0.4 is 21.7 Å². The summed E-state index contributed by atoms with van der Waals surface area (Å²) in [5.74, 6) is -8.80. The number of carbonyl (C=O) groups is 11. The highest BCUT2D eigenvalue weighted by Crippen LogP contribution is 2.24. The first-order chi connectivity index (χ1) is 41.0. The van der Waals surface area contributed by atoms with Gasteiger partial charge < -0.3 is 42.0 Å². The molecule has 24 nitrogen and oxygen atoms in total. The summed E-state index contributed by atoms with van der Waals surface area (Å²) >= 11 is 0. The van der Waals surface area contributed by atoms with E-state index >= 15 is 0 Å². The van der Waals surface area contributed by atoms with Crippen molar-refractivity contribution in [2.45, 2.75) is 116 Å². The van der Waals surface area contributed by atoms with E-state index in [4.69, 9.17) is 5.73 Å². The Morgan fingerprint density at radius 2 is 1.09 bits per heavy atom. The van der Waals surface area contributed by atoms with Gasteiger partial charge in [0, 0.05) is 120 Å². The first-order valence-electron chi connectivity index (χ1n) is 30.1. The average Bonchev–Trinajstić information content (AvgIpc) is 3.40. The van der Waals surface area contributed by atoms with Crippen LogP contribution >= 0.6 is 0 Å². The Hall–Kier alpha value is -7.25. The lowest BCUT2D eigenvalue weighted by atomic mass is 9.89. The number of fused-ring (bicyclic) bond motifs is 1. The van der Waals surface area contributed by atoms with E-state index in [9.17, 15) is 68.1 Å². The van der Waals surface area contributed by atoms with Crippen molar-refractivity contribution in [3.05, 3.63) is 71.9 Å². The van der Waals surface area contributed by atoms with Gasteiger partial charge in [0.2, 0.25) is 23.6 Å². The molecule has 86 heavy (non-hydrogen) atoms. The monoisotopic (exact) mass is 1200 g/mol. The molecular formula is C62H90N10O14. The minimum atomic E-state index is -1.18. The maximum atomic E-state index is 14.6. The summed E-state index contributed by atoms with van der Waals surface area (Å²) in [5, 5.41) is 38.1. The molecule has 0 spiro atoms. The van der Waals surface area contributed by atoms with Crippen molar-refractivity contribution in [2.75, 3.05) is 98.2 Å². The lowest BCUT2D eigenvalue weighted by molar-refractivity contribution is -0.140. The van der Waals surface area contributed by atoms with E-state index in [2.05, 4.69) is 20.9 Å². The number of likely N-dealkylation sites (tertiary alicyclic amines) is 1. The van der Waals surface area contributed by atoms with E-state index in [1.54, 1.807) is 40.0 Å². The first kappa shape index (κ1) is 69.5. The second-order valence-electron chi connectivity index (χ2n) is 23.6. The largest absolute Gasteiger partial charge is 0.480 e. The number of carboxylic acids is 3. The molecule has 24 heteroatoms. The van der Waals surface area contributed by atoms with Crippen molar-refractivity contribution in [1.29, 1.82) is 0 Å². The third-order valence-corrected chi connectivity index (χ3v) is 16.1. The van der Waals surface area contributed by atoms with E-state index in [1.165, 1.54) is 0 Å². The number of aromatic nitrogens is 1. The number of Topliss-reactive ketones (excluding diaryl/α,β-unsaturated/α-hetero) is 4. The molecule has 2 fully saturated rings. The van der Waals surface area contributed by atoms with Gasteiger partial charge in [-0.2, -0.15) is 0 Å². The van der Waals surface area contributed by atoms with Gasteiger partial charge in [-0.05, 0) is 74.2 Å². The van der Waals surface area contributed by atoms with E-state index in [-0.39, 0.29) is 140 Å². The molecule has 0 unspecified atom stereocenters. The molecule has 2 aromatic carbocycles. The van der Waals surface area contributed by atoms with Crippen molar-refractivity contribution in [3.8, 4) is 0 Å². The van der Waals surface area contributed by atoms with Crippen LogP contribution in [0.3, 0.4) is 0 Å². The number of hydrogen-bond acceptors (Lipinski definition) is 16. The molecule has 4 amide bonds. The highest BCUT2D eigenvalue weighted by molar-refractivity contribution is 5.97. The summed E-state index contributed by atoms with van der Waals surface area (Å²) in [6.45, 7) is 9.48. The average molecular weight is 1200 g/mol. The van der Waals surface area contributed by atoms with Gasteiger partial charge in [0.15, 0.2) is 17.3 Å². The fourth-order valence-electron chi connectivity index (χ4n) is 11.2. The molecule has 1 aromatic heterocycles. The molecule has 0 aliphatic carbocycles. The normalized spacial score (nSPS) is 17.5. The number of carboxylic acid groups (broad SMARTS) is 3. The number of ketones is 4. The van der Waals surface area contributed by atoms with E-state index in [0.29, 0.717) is 51.0 Å².